The van der Waals surface area contributed by atoms with Gasteiger partial charge in [-0.05, 0) is 56.3 Å². The fourth-order valence-electron chi connectivity index (χ4n) is 2.93. The summed E-state index contributed by atoms with van der Waals surface area (Å²) in [6.07, 6.45) is 0. The van der Waals surface area contributed by atoms with Crippen LogP contribution in [0.5, 0.6) is 5.75 Å². The van der Waals surface area contributed by atoms with E-state index in [2.05, 4.69) is 5.10 Å². The summed E-state index contributed by atoms with van der Waals surface area (Å²) in [5.74, 6) is 0.586. The molecule has 3 rings (SSSR count). The molecule has 0 radical (unpaired) electrons. The summed E-state index contributed by atoms with van der Waals surface area (Å²) in [4.78, 5) is 26.6. The molecule has 0 fully saturated rings. The van der Waals surface area contributed by atoms with Crippen LogP contribution in [0.2, 0.25) is 0 Å². The van der Waals surface area contributed by atoms with Crippen LogP contribution in [-0.2, 0) is 11.3 Å². The van der Waals surface area contributed by atoms with Crippen LogP contribution in [0.25, 0.3) is 11.3 Å². The van der Waals surface area contributed by atoms with Crippen molar-refractivity contribution in [3.05, 3.63) is 77.1 Å². The van der Waals surface area contributed by atoms with E-state index in [4.69, 9.17) is 4.74 Å². The number of benzene rings is 2. The third-order valence-corrected chi connectivity index (χ3v) is 4.30. The summed E-state index contributed by atoms with van der Waals surface area (Å²) in [6, 6.07) is 20.0. The van der Waals surface area contributed by atoms with Crippen molar-refractivity contribution < 1.29 is 9.53 Å². The number of likely N-dealkylation sites (N-methyl/N-ethyl adjacent to an activating group) is 1. The lowest BCUT2D eigenvalue weighted by molar-refractivity contribution is -0.119. The van der Waals surface area contributed by atoms with Crippen molar-refractivity contribution in [1.82, 2.24) is 9.78 Å². The topological polar surface area (TPSA) is 64.4 Å². The number of para-hydroxylation sites is 1. The third kappa shape index (κ3) is 4.46. The summed E-state index contributed by atoms with van der Waals surface area (Å²) in [5, 5.41) is 4.38. The fraction of sp³-hybridized carbons (Fsp3) is 0.227. The zero-order valence-electron chi connectivity index (χ0n) is 16.0. The number of ether oxygens (including phenoxy) is 1. The minimum atomic E-state index is -0.313. The number of hydrogen-bond acceptors (Lipinski definition) is 4. The molecule has 0 bridgehead atoms. The molecule has 6 heteroatoms. The molecule has 0 aliphatic rings. The first-order valence-electron chi connectivity index (χ1n) is 9.29. The Balaban J connectivity index is 1.83. The van der Waals surface area contributed by atoms with Crippen molar-refractivity contribution in [1.29, 1.82) is 0 Å². The molecule has 0 atom stereocenters. The SMILES string of the molecule is CCOc1ccc(-c2ccc(=O)n(CC(=O)N(CC)c3ccccc3)n2)cc1. The van der Waals surface area contributed by atoms with Crippen molar-refractivity contribution in [2.75, 3.05) is 18.1 Å². The van der Waals surface area contributed by atoms with Crippen LogP contribution < -0.4 is 15.2 Å². The van der Waals surface area contributed by atoms with Gasteiger partial charge in [0.1, 0.15) is 12.3 Å². The first-order chi connectivity index (χ1) is 13.6. The Morgan fingerprint density at radius 2 is 1.71 bits per heavy atom. The standard InChI is InChI=1S/C22H23N3O3/c1-3-24(18-8-6-5-7-9-18)22(27)16-25-21(26)15-14-20(23-25)17-10-12-19(13-11-17)28-4-2/h5-15H,3-4,16H2,1-2H3. The van der Waals surface area contributed by atoms with E-state index in [-0.39, 0.29) is 18.0 Å². The molecular weight excluding hydrogens is 354 g/mol. The van der Waals surface area contributed by atoms with Crippen LogP contribution in [0, 0.1) is 0 Å². The molecule has 1 amide bonds. The van der Waals surface area contributed by atoms with Gasteiger partial charge >= 0.3 is 0 Å². The average Bonchev–Trinajstić information content (AvgIpc) is 2.72. The molecule has 0 aliphatic heterocycles. The maximum Gasteiger partial charge on any atom is 0.267 e. The summed E-state index contributed by atoms with van der Waals surface area (Å²) in [7, 11) is 0. The Kier molecular flexibility index (Phi) is 6.22. The molecule has 0 unspecified atom stereocenters. The molecule has 1 aromatic heterocycles. The number of hydrogen-bond donors (Lipinski definition) is 0. The predicted octanol–water partition coefficient (Wildman–Crippen LogP) is 3.36. The molecule has 0 saturated carbocycles. The van der Waals surface area contributed by atoms with Crippen molar-refractivity contribution in [2.45, 2.75) is 20.4 Å². The quantitative estimate of drug-likeness (QED) is 0.633. The normalized spacial score (nSPS) is 10.5. The molecule has 0 saturated heterocycles. The first-order valence-corrected chi connectivity index (χ1v) is 9.29. The highest BCUT2D eigenvalue weighted by molar-refractivity contribution is 5.93. The second-order valence-corrected chi connectivity index (χ2v) is 6.15. The molecule has 6 nitrogen and oxygen atoms in total. The van der Waals surface area contributed by atoms with Crippen molar-refractivity contribution in [2.24, 2.45) is 0 Å². The largest absolute Gasteiger partial charge is 0.494 e. The van der Waals surface area contributed by atoms with Gasteiger partial charge in [-0.1, -0.05) is 18.2 Å². The number of carbonyl (C=O) groups is 1. The molecular formula is C22H23N3O3. The van der Waals surface area contributed by atoms with Gasteiger partial charge in [-0.25, -0.2) is 4.68 Å². The maximum atomic E-state index is 12.8. The van der Waals surface area contributed by atoms with Crippen LogP contribution in [-0.4, -0.2) is 28.8 Å². The molecule has 0 N–H and O–H groups in total. The lowest BCUT2D eigenvalue weighted by Gasteiger charge is -2.21. The maximum absolute atomic E-state index is 12.8. The monoisotopic (exact) mass is 377 g/mol. The Hall–Kier alpha value is -3.41. The van der Waals surface area contributed by atoms with Gasteiger partial charge in [-0.15, -0.1) is 0 Å². The van der Waals surface area contributed by atoms with E-state index in [9.17, 15) is 9.59 Å². The third-order valence-electron chi connectivity index (χ3n) is 4.30. The van der Waals surface area contributed by atoms with Gasteiger partial charge in [0.05, 0.1) is 12.3 Å². The molecule has 0 aliphatic carbocycles. The van der Waals surface area contributed by atoms with Crippen molar-refractivity contribution in [3.63, 3.8) is 0 Å². The smallest absolute Gasteiger partial charge is 0.267 e. The number of aromatic nitrogens is 2. The summed E-state index contributed by atoms with van der Waals surface area (Å²) >= 11 is 0. The number of carbonyl (C=O) groups excluding carboxylic acids is 1. The van der Waals surface area contributed by atoms with E-state index >= 15 is 0 Å². The van der Waals surface area contributed by atoms with Crippen LogP contribution in [0.15, 0.2) is 71.5 Å². The van der Waals surface area contributed by atoms with Crippen molar-refractivity contribution in [3.8, 4) is 17.0 Å². The Morgan fingerprint density at radius 3 is 2.36 bits per heavy atom. The zero-order chi connectivity index (χ0) is 19.9. The van der Waals surface area contributed by atoms with Gasteiger partial charge in [0.25, 0.3) is 5.56 Å². The van der Waals surface area contributed by atoms with Gasteiger partial charge in [0.15, 0.2) is 0 Å². The highest BCUT2D eigenvalue weighted by Crippen LogP contribution is 2.20. The highest BCUT2D eigenvalue weighted by Gasteiger charge is 2.16. The first kappa shape index (κ1) is 19.4. The molecule has 2 aromatic carbocycles. The van der Waals surface area contributed by atoms with Gasteiger partial charge in [-0.3, -0.25) is 9.59 Å². The molecule has 28 heavy (non-hydrogen) atoms. The van der Waals surface area contributed by atoms with E-state index < -0.39 is 0 Å². The van der Waals surface area contributed by atoms with Crippen LogP contribution >= 0.6 is 0 Å². The van der Waals surface area contributed by atoms with Gasteiger partial charge in [-0.2, -0.15) is 5.10 Å². The Morgan fingerprint density at radius 1 is 1.00 bits per heavy atom. The zero-order valence-corrected chi connectivity index (χ0v) is 16.0. The fourth-order valence-corrected chi connectivity index (χ4v) is 2.93. The van der Waals surface area contributed by atoms with E-state index in [1.165, 1.54) is 10.7 Å². The lowest BCUT2D eigenvalue weighted by Crippen LogP contribution is -2.37. The van der Waals surface area contributed by atoms with Crippen LogP contribution in [0.3, 0.4) is 0 Å². The Labute approximate surface area is 164 Å². The number of anilines is 1. The van der Waals surface area contributed by atoms with Crippen LogP contribution in [0.4, 0.5) is 5.69 Å². The van der Waals surface area contributed by atoms with Gasteiger partial charge < -0.3 is 9.64 Å². The minimum absolute atomic E-state index is 0.119. The number of nitrogens with zero attached hydrogens (tertiary/aromatic N) is 3. The number of rotatable bonds is 7. The molecule has 0 spiro atoms. The summed E-state index contributed by atoms with van der Waals surface area (Å²) in [6.45, 7) is 4.82. The molecule has 144 valence electrons. The highest BCUT2D eigenvalue weighted by atomic mass is 16.5. The van der Waals surface area contributed by atoms with E-state index in [0.29, 0.717) is 18.8 Å². The Bertz CT molecular complexity index is 982. The predicted molar refractivity (Wildman–Crippen MR) is 110 cm³/mol. The van der Waals surface area contributed by atoms with Crippen molar-refractivity contribution >= 4 is 11.6 Å². The van der Waals surface area contributed by atoms with Gasteiger partial charge in [0, 0.05) is 23.9 Å². The number of amides is 1. The van der Waals surface area contributed by atoms with E-state index in [0.717, 1.165) is 17.0 Å². The van der Waals surface area contributed by atoms with Crippen LogP contribution in [0.1, 0.15) is 13.8 Å². The summed E-state index contributed by atoms with van der Waals surface area (Å²) < 4.78 is 6.66. The second kappa shape index (κ2) is 8.99. The van der Waals surface area contributed by atoms with Gasteiger partial charge in [0.2, 0.25) is 5.91 Å². The lowest BCUT2D eigenvalue weighted by atomic mass is 10.1. The summed E-state index contributed by atoms with van der Waals surface area (Å²) in [5.41, 5.74) is 1.95. The molecule has 3 aromatic rings. The second-order valence-electron chi connectivity index (χ2n) is 6.15. The molecule has 1 heterocycles. The van der Waals surface area contributed by atoms with E-state index in [1.807, 2.05) is 68.4 Å². The average molecular weight is 377 g/mol. The van der Waals surface area contributed by atoms with E-state index in [1.54, 1.807) is 11.0 Å². The minimum Gasteiger partial charge on any atom is -0.494 e.